The standard InChI is InChI=1S/C22H35N5/c1-4-16-26(19-12-8-6-9-13-19)21-23-18(3)24-22(25-21)27(17-5-2)20-14-10-7-11-15-20/h4-5,19-20H,1-2,6-17H2,3H3. The lowest BCUT2D eigenvalue weighted by Gasteiger charge is -2.36. The topological polar surface area (TPSA) is 45.2 Å². The zero-order valence-electron chi connectivity index (χ0n) is 16.9. The zero-order valence-corrected chi connectivity index (χ0v) is 16.9. The molecule has 0 saturated heterocycles. The summed E-state index contributed by atoms with van der Waals surface area (Å²) in [5, 5.41) is 0. The van der Waals surface area contributed by atoms with Crippen molar-refractivity contribution in [1.29, 1.82) is 0 Å². The summed E-state index contributed by atoms with van der Waals surface area (Å²) in [5.74, 6) is 2.42. The summed E-state index contributed by atoms with van der Waals surface area (Å²) < 4.78 is 0. The maximum atomic E-state index is 4.96. The van der Waals surface area contributed by atoms with Crippen LogP contribution in [0.4, 0.5) is 11.9 Å². The van der Waals surface area contributed by atoms with Gasteiger partial charge >= 0.3 is 0 Å². The predicted molar refractivity (Wildman–Crippen MR) is 113 cm³/mol. The third kappa shape index (κ3) is 5.08. The Balaban J connectivity index is 1.90. The maximum Gasteiger partial charge on any atom is 0.230 e. The van der Waals surface area contributed by atoms with Crippen LogP contribution in [0.15, 0.2) is 25.3 Å². The lowest BCUT2D eigenvalue weighted by atomic mass is 9.94. The summed E-state index contributed by atoms with van der Waals surface area (Å²) in [6.07, 6.45) is 16.6. The fourth-order valence-electron chi connectivity index (χ4n) is 4.56. The molecule has 5 nitrogen and oxygen atoms in total. The monoisotopic (exact) mass is 369 g/mol. The van der Waals surface area contributed by atoms with Crippen molar-refractivity contribution >= 4 is 11.9 Å². The van der Waals surface area contributed by atoms with Gasteiger partial charge in [-0.15, -0.1) is 13.2 Å². The molecule has 2 saturated carbocycles. The molecule has 0 unspecified atom stereocenters. The molecule has 0 radical (unpaired) electrons. The molecule has 5 heteroatoms. The quantitative estimate of drug-likeness (QED) is 0.614. The van der Waals surface area contributed by atoms with Gasteiger partial charge in [0.1, 0.15) is 5.82 Å². The number of hydrogen-bond acceptors (Lipinski definition) is 5. The van der Waals surface area contributed by atoms with Crippen molar-refractivity contribution in [2.75, 3.05) is 22.9 Å². The smallest absolute Gasteiger partial charge is 0.230 e. The van der Waals surface area contributed by atoms with E-state index in [2.05, 4.69) is 23.0 Å². The van der Waals surface area contributed by atoms with Gasteiger partial charge in [0, 0.05) is 25.2 Å². The van der Waals surface area contributed by atoms with Crippen molar-refractivity contribution in [2.24, 2.45) is 0 Å². The van der Waals surface area contributed by atoms with Crippen LogP contribution in [-0.2, 0) is 0 Å². The van der Waals surface area contributed by atoms with Crippen LogP contribution in [0.1, 0.15) is 70.0 Å². The van der Waals surface area contributed by atoms with Crippen LogP contribution in [-0.4, -0.2) is 40.1 Å². The molecule has 3 rings (SSSR count). The van der Waals surface area contributed by atoms with E-state index < -0.39 is 0 Å². The Labute approximate surface area is 164 Å². The molecule has 0 bridgehead atoms. The number of rotatable bonds is 8. The lowest BCUT2D eigenvalue weighted by molar-refractivity contribution is 0.412. The van der Waals surface area contributed by atoms with Gasteiger partial charge in [0.05, 0.1) is 0 Å². The third-order valence-corrected chi connectivity index (χ3v) is 5.92. The van der Waals surface area contributed by atoms with Gasteiger partial charge in [-0.1, -0.05) is 50.7 Å². The third-order valence-electron chi connectivity index (χ3n) is 5.92. The first kappa shape index (κ1) is 19.8. The van der Waals surface area contributed by atoms with Crippen molar-refractivity contribution in [1.82, 2.24) is 15.0 Å². The Hall–Kier alpha value is -1.91. The summed E-state index contributed by atoms with van der Waals surface area (Å²) in [6, 6.07) is 1.02. The molecule has 27 heavy (non-hydrogen) atoms. The summed E-state index contributed by atoms with van der Waals surface area (Å²) in [6.45, 7) is 11.5. The highest BCUT2D eigenvalue weighted by molar-refractivity contribution is 5.42. The minimum absolute atomic E-state index is 0.508. The molecule has 2 fully saturated rings. The van der Waals surface area contributed by atoms with E-state index in [9.17, 15) is 0 Å². The van der Waals surface area contributed by atoms with Gasteiger partial charge in [0.25, 0.3) is 0 Å². The fourth-order valence-corrected chi connectivity index (χ4v) is 4.56. The highest BCUT2D eigenvalue weighted by Crippen LogP contribution is 2.29. The van der Waals surface area contributed by atoms with E-state index in [1.165, 1.54) is 64.2 Å². The van der Waals surface area contributed by atoms with Crippen molar-refractivity contribution in [3.8, 4) is 0 Å². The Morgan fingerprint density at radius 2 is 1.15 bits per heavy atom. The van der Waals surface area contributed by atoms with Gasteiger partial charge in [0.2, 0.25) is 11.9 Å². The van der Waals surface area contributed by atoms with E-state index in [1.54, 1.807) is 0 Å². The van der Waals surface area contributed by atoms with Gasteiger partial charge < -0.3 is 9.80 Å². The number of aryl methyl sites for hydroxylation is 1. The number of anilines is 2. The molecule has 2 aliphatic rings. The second-order valence-electron chi connectivity index (χ2n) is 7.95. The van der Waals surface area contributed by atoms with Gasteiger partial charge in [-0.25, -0.2) is 0 Å². The molecule has 1 heterocycles. The van der Waals surface area contributed by atoms with E-state index in [4.69, 9.17) is 15.0 Å². The normalized spacial score (nSPS) is 18.9. The molecule has 0 spiro atoms. The molecule has 1 aromatic rings. The minimum atomic E-state index is 0.508. The van der Waals surface area contributed by atoms with Gasteiger partial charge in [0.15, 0.2) is 0 Å². The molecule has 148 valence electrons. The van der Waals surface area contributed by atoms with Crippen LogP contribution >= 0.6 is 0 Å². The fraction of sp³-hybridized carbons (Fsp3) is 0.682. The number of nitrogens with zero attached hydrogens (tertiary/aromatic N) is 5. The molecule has 1 aromatic heterocycles. The second-order valence-corrected chi connectivity index (χ2v) is 7.95. The molecule has 0 N–H and O–H groups in total. The molecular weight excluding hydrogens is 334 g/mol. The Bertz CT molecular complexity index is 567. The first-order valence-corrected chi connectivity index (χ1v) is 10.7. The van der Waals surface area contributed by atoms with Crippen LogP contribution in [0.25, 0.3) is 0 Å². The van der Waals surface area contributed by atoms with E-state index >= 15 is 0 Å². The summed E-state index contributed by atoms with van der Waals surface area (Å²) in [4.78, 5) is 19.1. The largest absolute Gasteiger partial charge is 0.334 e. The van der Waals surface area contributed by atoms with E-state index in [0.717, 1.165) is 30.8 Å². The van der Waals surface area contributed by atoms with Gasteiger partial charge in [-0.2, -0.15) is 15.0 Å². The molecule has 0 aromatic carbocycles. The van der Waals surface area contributed by atoms with Crippen molar-refractivity contribution in [2.45, 2.75) is 83.2 Å². The van der Waals surface area contributed by atoms with E-state index in [0.29, 0.717) is 12.1 Å². The highest BCUT2D eigenvalue weighted by atomic mass is 15.4. The number of aromatic nitrogens is 3. The average Bonchev–Trinajstić information content (AvgIpc) is 2.71. The lowest BCUT2D eigenvalue weighted by Crippen LogP contribution is -2.41. The minimum Gasteiger partial charge on any atom is -0.334 e. The average molecular weight is 370 g/mol. The van der Waals surface area contributed by atoms with Crippen molar-refractivity contribution < 1.29 is 0 Å². The van der Waals surface area contributed by atoms with E-state index in [1.807, 2.05) is 19.1 Å². The predicted octanol–water partition coefficient (Wildman–Crippen LogP) is 4.83. The van der Waals surface area contributed by atoms with Crippen LogP contribution in [0.3, 0.4) is 0 Å². The molecule has 0 aliphatic heterocycles. The van der Waals surface area contributed by atoms with Crippen LogP contribution < -0.4 is 9.80 Å². The first-order chi connectivity index (χ1) is 13.2. The first-order valence-electron chi connectivity index (χ1n) is 10.7. The zero-order chi connectivity index (χ0) is 19.1. The van der Waals surface area contributed by atoms with Crippen molar-refractivity contribution in [3.05, 3.63) is 31.1 Å². The van der Waals surface area contributed by atoms with Crippen molar-refractivity contribution in [3.63, 3.8) is 0 Å². The Morgan fingerprint density at radius 3 is 1.52 bits per heavy atom. The van der Waals surface area contributed by atoms with E-state index in [-0.39, 0.29) is 0 Å². The van der Waals surface area contributed by atoms with Crippen LogP contribution in [0, 0.1) is 6.92 Å². The maximum absolute atomic E-state index is 4.96. The summed E-state index contributed by atoms with van der Waals surface area (Å²) in [7, 11) is 0. The van der Waals surface area contributed by atoms with Crippen LogP contribution in [0.5, 0.6) is 0 Å². The molecule has 0 amide bonds. The number of hydrogen-bond donors (Lipinski definition) is 0. The molecular formula is C22H35N5. The Morgan fingerprint density at radius 1 is 0.741 bits per heavy atom. The SMILES string of the molecule is C=CCN(c1nc(C)nc(N(CC=C)C2CCCCC2)n1)C1CCCCC1. The second kappa shape index (κ2) is 9.86. The van der Waals surface area contributed by atoms with Gasteiger partial charge in [-0.3, -0.25) is 0 Å². The highest BCUT2D eigenvalue weighted by Gasteiger charge is 2.26. The summed E-state index contributed by atoms with van der Waals surface area (Å²) in [5.41, 5.74) is 0. The van der Waals surface area contributed by atoms with Crippen LogP contribution in [0.2, 0.25) is 0 Å². The van der Waals surface area contributed by atoms with Gasteiger partial charge in [-0.05, 0) is 32.6 Å². The summed E-state index contributed by atoms with van der Waals surface area (Å²) >= 11 is 0. The molecule has 2 aliphatic carbocycles. The Kier molecular flexibility index (Phi) is 7.25. The molecule has 0 atom stereocenters.